The van der Waals surface area contributed by atoms with E-state index in [0.717, 1.165) is 22.7 Å². The Morgan fingerprint density at radius 3 is 2.56 bits per heavy atom. The Bertz CT molecular complexity index is 444. The number of benzene rings is 1. The molecule has 1 N–H and O–H groups in total. The Morgan fingerprint density at radius 1 is 1.25 bits per heavy atom. The van der Waals surface area contributed by atoms with Crippen LogP contribution in [0.15, 0.2) is 30.3 Å². The molecule has 0 radical (unpaired) electrons. The molecule has 1 aliphatic rings. The van der Waals surface area contributed by atoms with E-state index in [4.69, 9.17) is 4.55 Å². The van der Waals surface area contributed by atoms with Crippen molar-refractivity contribution >= 4 is 10.3 Å². The monoisotopic (exact) mass is 241 g/mol. The first kappa shape index (κ1) is 11.6. The zero-order valence-corrected chi connectivity index (χ0v) is 9.73. The second-order valence-electron chi connectivity index (χ2n) is 4.09. The maximum atomic E-state index is 11.0. The summed E-state index contributed by atoms with van der Waals surface area (Å²) < 4.78 is 32.2. The highest BCUT2D eigenvalue weighted by atomic mass is 32.2. The number of nitrogens with zero attached hydrogens (tertiary/aromatic N) is 1. The molecule has 1 saturated heterocycles. The van der Waals surface area contributed by atoms with E-state index in [0.29, 0.717) is 13.1 Å². The van der Waals surface area contributed by atoms with Gasteiger partial charge in [-0.3, -0.25) is 4.55 Å². The van der Waals surface area contributed by atoms with Gasteiger partial charge in [-0.15, -0.1) is 0 Å². The van der Waals surface area contributed by atoms with Crippen molar-refractivity contribution in [2.45, 2.75) is 18.8 Å². The summed E-state index contributed by atoms with van der Waals surface area (Å²) in [5.41, 5.74) is 1.14. The van der Waals surface area contributed by atoms with Crippen molar-refractivity contribution in [1.82, 2.24) is 4.31 Å². The molecule has 1 fully saturated rings. The van der Waals surface area contributed by atoms with Crippen LogP contribution in [-0.2, 0) is 10.3 Å². The van der Waals surface area contributed by atoms with Gasteiger partial charge in [0, 0.05) is 13.1 Å². The highest BCUT2D eigenvalue weighted by molar-refractivity contribution is 7.83. The van der Waals surface area contributed by atoms with Crippen LogP contribution in [0, 0.1) is 0 Å². The summed E-state index contributed by atoms with van der Waals surface area (Å²) in [6, 6.07) is 9.83. The third-order valence-corrected chi connectivity index (χ3v) is 3.97. The van der Waals surface area contributed by atoms with Crippen molar-refractivity contribution in [2.75, 3.05) is 13.1 Å². The van der Waals surface area contributed by atoms with E-state index in [-0.39, 0.29) is 5.92 Å². The molecule has 0 aromatic heterocycles. The average Bonchev–Trinajstić information content (AvgIpc) is 2.29. The molecule has 1 heterocycles. The van der Waals surface area contributed by atoms with E-state index in [9.17, 15) is 8.42 Å². The quantitative estimate of drug-likeness (QED) is 0.801. The maximum Gasteiger partial charge on any atom is 0.335 e. The molecular formula is C11H15NO3S. The van der Waals surface area contributed by atoms with Crippen molar-refractivity contribution in [3.63, 3.8) is 0 Å². The SMILES string of the molecule is O=S(=O)(O)N1CCCC(c2ccccc2)C1. The van der Waals surface area contributed by atoms with Crippen LogP contribution in [0.5, 0.6) is 0 Å². The molecule has 0 saturated carbocycles. The third-order valence-electron chi connectivity index (χ3n) is 2.98. The van der Waals surface area contributed by atoms with Crippen LogP contribution in [-0.4, -0.2) is 30.4 Å². The van der Waals surface area contributed by atoms with Crippen LogP contribution in [0.4, 0.5) is 0 Å². The van der Waals surface area contributed by atoms with Crippen LogP contribution in [0.25, 0.3) is 0 Å². The largest absolute Gasteiger partial charge is 0.335 e. The number of hydrogen-bond acceptors (Lipinski definition) is 2. The predicted molar refractivity (Wildman–Crippen MR) is 61.5 cm³/mol. The zero-order chi connectivity index (χ0) is 11.6. The topological polar surface area (TPSA) is 57.6 Å². The van der Waals surface area contributed by atoms with Gasteiger partial charge in [0.25, 0.3) is 0 Å². The first-order valence-corrected chi connectivity index (χ1v) is 6.74. The predicted octanol–water partition coefficient (Wildman–Crippen LogP) is 1.67. The van der Waals surface area contributed by atoms with Crippen LogP contribution in [0.2, 0.25) is 0 Å². The fourth-order valence-corrected chi connectivity index (χ4v) is 2.88. The first-order valence-electron chi connectivity index (χ1n) is 5.35. The van der Waals surface area contributed by atoms with Gasteiger partial charge < -0.3 is 0 Å². The lowest BCUT2D eigenvalue weighted by molar-refractivity contribution is 0.285. The summed E-state index contributed by atoms with van der Waals surface area (Å²) in [6.07, 6.45) is 1.76. The van der Waals surface area contributed by atoms with Crippen molar-refractivity contribution in [3.05, 3.63) is 35.9 Å². The number of hydrogen-bond donors (Lipinski definition) is 1. The van der Waals surface area contributed by atoms with Crippen molar-refractivity contribution in [1.29, 1.82) is 0 Å². The first-order chi connectivity index (χ1) is 7.57. The molecule has 4 nitrogen and oxygen atoms in total. The summed E-state index contributed by atoms with van der Waals surface area (Å²) in [6.45, 7) is 0.797. The minimum Gasteiger partial charge on any atom is -0.273 e. The lowest BCUT2D eigenvalue weighted by Crippen LogP contribution is -2.38. The molecule has 88 valence electrons. The van der Waals surface area contributed by atoms with Gasteiger partial charge in [-0.05, 0) is 24.3 Å². The normalized spacial score (nSPS) is 23.2. The third kappa shape index (κ3) is 2.61. The molecule has 2 rings (SSSR count). The molecule has 1 aliphatic heterocycles. The summed E-state index contributed by atoms with van der Waals surface area (Å²) in [5.74, 6) is 0.192. The molecule has 1 unspecified atom stereocenters. The zero-order valence-electron chi connectivity index (χ0n) is 8.91. The summed E-state index contributed by atoms with van der Waals surface area (Å²) in [4.78, 5) is 0. The summed E-state index contributed by atoms with van der Waals surface area (Å²) in [7, 11) is -4.03. The molecule has 1 aromatic rings. The van der Waals surface area contributed by atoms with Gasteiger partial charge in [-0.1, -0.05) is 30.3 Å². The Hall–Kier alpha value is -0.910. The standard InChI is InChI=1S/C11H15NO3S/c13-16(14,15)12-8-4-7-11(9-12)10-5-2-1-3-6-10/h1-3,5-6,11H,4,7-9H2,(H,13,14,15). The minimum atomic E-state index is -4.03. The molecule has 1 aromatic carbocycles. The molecule has 5 heteroatoms. The van der Waals surface area contributed by atoms with Gasteiger partial charge in [0.05, 0.1) is 0 Å². The molecule has 0 amide bonds. The molecule has 1 atom stereocenters. The molecule has 0 spiro atoms. The van der Waals surface area contributed by atoms with Crippen molar-refractivity contribution in [2.24, 2.45) is 0 Å². The lowest BCUT2D eigenvalue weighted by atomic mass is 9.92. The second-order valence-corrected chi connectivity index (χ2v) is 5.50. The number of piperidine rings is 1. The van der Waals surface area contributed by atoms with Gasteiger partial charge in [0.15, 0.2) is 0 Å². The Kier molecular flexibility index (Phi) is 3.28. The van der Waals surface area contributed by atoms with Crippen LogP contribution in [0.3, 0.4) is 0 Å². The van der Waals surface area contributed by atoms with Crippen molar-refractivity contribution < 1.29 is 13.0 Å². The number of rotatable bonds is 2. The smallest absolute Gasteiger partial charge is 0.273 e. The average molecular weight is 241 g/mol. The molecular weight excluding hydrogens is 226 g/mol. The minimum absolute atomic E-state index is 0.192. The highest BCUT2D eigenvalue weighted by Crippen LogP contribution is 2.27. The van der Waals surface area contributed by atoms with Crippen LogP contribution >= 0.6 is 0 Å². The van der Waals surface area contributed by atoms with Crippen LogP contribution < -0.4 is 0 Å². The van der Waals surface area contributed by atoms with E-state index >= 15 is 0 Å². The van der Waals surface area contributed by atoms with Crippen LogP contribution in [0.1, 0.15) is 24.3 Å². The molecule has 0 aliphatic carbocycles. The second kappa shape index (κ2) is 4.53. The van der Waals surface area contributed by atoms with E-state index in [2.05, 4.69) is 0 Å². The maximum absolute atomic E-state index is 11.0. The summed E-state index contributed by atoms with van der Waals surface area (Å²) >= 11 is 0. The molecule has 0 bridgehead atoms. The fraction of sp³-hybridized carbons (Fsp3) is 0.455. The van der Waals surface area contributed by atoms with E-state index in [1.165, 1.54) is 0 Å². The lowest BCUT2D eigenvalue weighted by Gasteiger charge is -2.30. The van der Waals surface area contributed by atoms with Crippen molar-refractivity contribution in [3.8, 4) is 0 Å². The summed E-state index contributed by atoms with van der Waals surface area (Å²) in [5, 5.41) is 0. The van der Waals surface area contributed by atoms with Gasteiger partial charge in [0.2, 0.25) is 0 Å². The van der Waals surface area contributed by atoms with Gasteiger partial charge in [0.1, 0.15) is 0 Å². The van der Waals surface area contributed by atoms with Gasteiger partial charge >= 0.3 is 10.3 Å². The Morgan fingerprint density at radius 2 is 1.94 bits per heavy atom. The Labute approximate surface area is 95.8 Å². The van der Waals surface area contributed by atoms with Gasteiger partial charge in [-0.25, -0.2) is 0 Å². The van der Waals surface area contributed by atoms with E-state index in [1.54, 1.807) is 0 Å². The van der Waals surface area contributed by atoms with Gasteiger partial charge in [-0.2, -0.15) is 12.7 Å². The Balaban J connectivity index is 2.14. The fourth-order valence-electron chi connectivity index (χ4n) is 2.15. The highest BCUT2D eigenvalue weighted by Gasteiger charge is 2.27. The molecule has 16 heavy (non-hydrogen) atoms. The van der Waals surface area contributed by atoms with E-state index in [1.807, 2.05) is 30.3 Å². The van der Waals surface area contributed by atoms with E-state index < -0.39 is 10.3 Å².